The lowest BCUT2D eigenvalue weighted by Crippen LogP contribution is -2.49. The number of rotatable bonds is 10. The van der Waals surface area contributed by atoms with E-state index in [1.807, 2.05) is 22.5 Å². The van der Waals surface area contributed by atoms with Gasteiger partial charge in [-0.05, 0) is 51.2 Å². The SMILES string of the molecule is CCN(CC)CCCNC(=O)c1cn(CC)c2cc(N3CCN(C(=O)C4=CCCO4)CC3)c(F)cc2c1=O.Cl. The van der Waals surface area contributed by atoms with E-state index in [2.05, 4.69) is 24.1 Å². The molecule has 1 saturated heterocycles. The molecule has 11 heteroatoms. The number of pyridine rings is 1. The molecule has 2 aliphatic heterocycles. The number of halogens is 2. The summed E-state index contributed by atoms with van der Waals surface area (Å²) in [5.41, 5.74) is 0.507. The predicted octanol–water partition coefficient (Wildman–Crippen LogP) is 3.00. The second-order valence-electron chi connectivity index (χ2n) is 9.60. The molecule has 0 bridgehead atoms. The molecular weight excluding hydrogens is 525 g/mol. The number of anilines is 1. The summed E-state index contributed by atoms with van der Waals surface area (Å²) in [4.78, 5) is 44.6. The Kier molecular flexibility index (Phi) is 10.8. The number of nitrogens with one attached hydrogen (secondary N) is 1. The largest absolute Gasteiger partial charge is 0.488 e. The number of nitrogens with zero attached hydrogens (tertiary/aromatic N) is 4. The second kappa shape index (κ2) is 13.8. The van der Waals surface area contributed by atoms with E-state index in [4.69, 9.17) is 4.74 Å². The van der Waals surface area contributed by atoms with Crippen LogP contribution in [-0.2, 0) is 16.1 Å². The van der Waals surface area contributed by atoms with Crippen LogP contribution in [0.2, 0.25) is 0 Å². The first-order valence-corrected chi connectivity index (χ1v) is 13.6. The van der Waals surface area contributed by atoms with Gasteiger partial charge in [-0.2, -0.15) is 0 Å². The van der Waals surface area contributed by atoms with Gasteiger partial charge in [-0.1, -0.05) is 13.8 Å². The number of benzene rings is 1. The molecule has 3 heterocycles. The van der Waals surface area contributed by atoms with Crippen molar-refractivity contribution in [1.29, 1.82) is 0 Å². The van der Waals surface area contributed by atoms with Crippen LogP contribution in [0.15, 0.2) is 35.0 Å². The van der Waals surface area contributed by atoms with Gasteiger partial charge in [-0.15, -0.1) is 12.4 Å². The summed E-state index contributed by atoms with van der Waals surface area (Å²) < 4.78 is 22.5. The minimum atomic E-state index is -0.518. The molecule has 2 amide bonds. The van der Waals surface area contributed by atoms with E-state index in [9.17, 15) is 14.4 Å². The lowest BCUT2D eigenvalue weighted by atomic mass is 10.1. The summed E-state index contributed by atoms with van der Waals surface area (Å²) >= 11 is 0. The van der Waals surface area contributed by atoms with Crippen molar-refractivity contribution in [3.8, 4) is 0 Å². The van der Waals surface area contributed by atoms with Crippen LogP contribution in [0.5, 0.6) is 0 Å². The summed E-state index contributed by atoms with van der Waals surface area (Å²) in [6, 6.07) is 2.92. The Balaban J connectivity index is 0.00000420. The topological polar surface area (TPSA) is 87.1 Å². The number of aryl methyl sites for hydroxylation is 1. The zero-order valence-electron chi connectivity index (χ0n) is 23.0. The van der Waals surface area contributed by atoms with Crippen molar-refractivity contribution in [2.75, 3.05) is 63.9 Å². The highest BCUT2D eigenvalue weighted by atomic mass is 35.5. The maximum Gasteiger partial charge on any atom is 0.288 e. The maximum absolute atomic E-state index is 15.3. The number of hydrogen-bond acceptors (Lipinski definition) is 6. The van der Waals surface area contributed by atoms with Crippen LogP contribution in [-0.4, -0.2) is 85.1 Å². The molecule has 1 aromatic heterocycles. The number of hydrogen-bond donors (Lipinski definition) is 1. The summed E-state index contributed by atoms with van der Waals surface area (Å²) in [6.45, 7) is 12.2. The molecule has 2 aliphatic rings. The molecule has 1 fully saturated rings. The Hall–Kier alpha value is -3.11. The molecule has 0 radical (unpaired) electrons. The fourth-order valence-electron chi connectivity index (χ4n) is 5.08. The Bertz CT molecular complexity index is 1270. The number of ether oxygens (including phenoxy) is 1. The Morgan fingerprint density at radius 2 is 1.82 bits per heavy atom. The number of carbonyl (C=O) groups excluding carboxylic acids is 2. The lowest BCUT2D eigenvalue weighted by Gasteiger charge is -2.36. The Morgan fingerprint density at radius 1 is 1.10 bits per heavy atom. The number of carbonyl (C=O) groups is 2. The maximum atomic E-state index is 15.3. The van der Waals surface area contributed by atoms with Crippen LogP contribution in [0.4, 0.5) is 10.1 Å². The average Bonchev–Trinajstić information content (AvgIpc) is 3.48. The van der Waals surface area contributed by atoms with E-state index >= 15 is 4.39 Å². The van der Waals surface area contributed by atoms with Crippen molar-refractivity contribution in [3.05, 3.63) is 51.8 Å². The van der Waals surface area contributed by atoms with Gasteiger partial charge in [-0.3, -0.25) is 14.4 Å². The first-order valence-electron chi connectivity index (χ1n) is 13.6. The van der Waals surface area contributed by atoms with Crippen LogP contribution in [0.1, 0.15) is 44.0 Å². The van der Waals surface area contributed by atoms with Crippen LogP contribution in [0.25, 0.3) is 10.9 Å². The monoisotopic (exact) mass is 563 g/mol. The van der Waals surface area contributed by atoms with Gasteiger partial charge in [-0.25, -0.2) is 4.39 Å². The number of aromatic nitrogens is 1. The van der Waals surface area contributed by atoms with Gasteiger partial charge in [0.2, 0.25) is 5.43 Å². The smallest absolute Gasteiger partial charge is 0.288 e. The third-order valence-electron chi connectivity index (χ3n) is 7.39. The van der Waals surface area contributed by atoms with Gasteiger partial charge < -0.3 is 29.3 Å². The van der Waals surface area contributed by atoms with E-state index in [1.165, 1.54) is 6.07 Å². The predicted molar refractivity (Wildman–Crippen MR) is 153 cm³/mol. The fraction of sp³-hybridized carbons (Fsp3) is 0.536. The molecule has 9 nitrogen and oxygen atoms in total. The first-order chi connectivity index (χ1) is 18.4. The number of amides is 2. The Labute approximate surface area is 235 Å². The molecule has 1 aromatic carbocycles. The highest BCUT2D eigenvalue weighted by Crippen LogP contribution is 2.27. The van der Waals surface area contributed by atoms with Crippen molar-refractivity contribution in [3.63, 3.8) is 0 Å². The molecule has 39 heavy (non-hydrogen) atoms. The van der Waals surface area contributed by atoms with Crippen molar-refractivity contribution in [2.24, 2.45) is 0 Å². The highest BCUT2D eigenvalue weighted by Gasteiger charge is 2.27. The van der Waals surface area contributed by atoms with Gasteiger partial charge in [0.1, 0.15) is 11.4 Å². The van der Waals surface area contributed by atoms with E-state index < -0.39 is 17.2 Å². The first kappa shape index (κ1) is 30.4. The quantitative estimate of drug-likeness (QED) is 0.447. The zero-order chi connectivity index (χ0) is 27.2. The van der Waals surface area contributed by atoms with E-state index in [0.717, 1.165) is 32.5 Å². The molecule has 0 atom stereocenters. The van der Waals surface area contributed by atoms with Gasteiger partial charge in [0.15, 0.2) is 5.76 Å². The third-order valence-corrected chi connectivity index (χ3v) is 7.39. The third kappa shape index (κ3) is 6.73. The molecule has 2 aromatic rings. The average molecular weight is 564 g/mol. The van der Waals surface area contributed by atoms with Gasteiger partial charge >= 0.3 is 0 Å². The fourth-order valence-corrected chi connectivity index (χ4v) is 5.08. The molecule has 0 aliphatic carbocycles. The number of piperazine rings is 1. The van der Waals surface area contributed by atoms with Gasteiger partial charge in [0.05, 0.1) is 17.8 Å². The minimum Gasteiger partial charge on any atom is -0.488 e. The zero-order valence-corrected chi connectivity index (χ0v) is 23.8. The second-order valence-corrected chi connectivity index (χ2v) is 9.60. The summed E-state index contributed by atoms with van der Waals surface area (Å²) in [7, 11) is 0. The normalized spacial score (nSPS) is 15.3. The van der Waals surface area contributed by atoms with Crippen LogP contribution in [0.3, 0.4) is 0 Å². The van der Waals surface area contributed by atoms with Crippen molar-refractivity contribution in [2.45, 2.75) is 40.2 Å². The molecule has 214 valence electrons. The minimum absolute atomic E-state index is 0. The van der Waals surface area contributed by atoms with E-state index in [-0.39, 0.29) is 29.3 Å². The van der Waals surface area contributed by atoms with Crippen LogP contribution < -0.4 is 15.6 Å². The summed E-state index contributed by atoms with van der Waals surface area (Å²) in [5.74, 6) is -0.688. The van der Waals surface area contributed by atoms with Crippen molar-refractivity contribution < 1.29 is 18.7 Å². The molecule has 4 rings (SSSR count). The van der Waals surface area contributed by atoms with Gasteiger partial charge in [0.25, 0.3) is 11.8 Å². The van der Waals surface area contributed by atoms with Gasteiger partial charge in [0, 0.05) is 57.3 Å². The molecule has 0 unspecified atom stereocenters. The van der Waals surface area contributed by atoms with E-state index in [1.54, 1.807) is 17.2 Å². The standard InChI is InChI=1S/C28H38FN5O4.ClH/c1-4-31(5-2)11-8-10-30-27(36)21-19-32(6-3)23-18-24(22(29)17-20(23)26(21)35)33-12-14-34(15-13-33)28(37)25-9-7-16-38-25;/h9,17-19H,4-8,10-16H2,1-3H3,(H,30,36);1H. The number of fused-ring (bicyclic) bond motifs is 1. The van der Waals surface area contributed by atoms with Crippen molar-refractivity contribution >= 4 is 40.8 Å². The molecular formula is C28H39ClFN5O4. The Morgan fingerprint density at radius 3 is 2.44 bits per heavy atom. The molecule has 0 saturated carbocycles. The highest BCUT2D eigenvalue weighted by molar-refractivity contribution is 5.98. The van der Waals surface area contributed by atoms with Crippen LogP contribution in [0, 0.1) is 5.82 Å². The molecule has 0 spiro atoms. The molecule has 1 N–H and O–H groups in total. The van der Waals surface area contributed by atoms with Crippen molar-refractivity contribution in [1.82, 2.24) is 19.7 Å². The lowest BCUT2D eigenvalue weighted by molar-refractivity contribution is -0.130. The van der Waals surface area contributed by atoms with E-state index in [0.29, 0.717) is 62.8 Å². The van der Waals surface area contributed by atoms with Crippen LogP contribution >= 0.6 is 12.4 Å². The summed E-state index contributed by atoms with van der Waals surface area (Å²) in [6.07, 6.45) is 4.90. The summed E-state index contributed by atoms with van der Waals surface area (Å²) in [5, 5.41) is 3.03.